The zero-order valence-corrected chi connectivity index (χ0v) is 20.4. The fraction of sp³-hybridized carbons (Fsp3) is 0.280. The summed E-state index contributed by atoms with van der Waals surface area (Å²) in [5.74, 6) is 0.897. The summed E-state index contributed by atoms with van der Waals surface area (Å²) in [4.78, 5) is 15.2. The van der Waals surface area contributed by atoms with Gasteiger partial charge in [0.2, 0.25) is 0 Å². The number of hydrogen-bond acceptors (Lipinski definition) is 6. The number of nitrogens with one attached hydrogen (secondary N) is 1. The third-order valence-corrected chi connectivity index (χ3v) is 7.44. The van der Waals surface area contributed by atoms with Crippen molar-refractivity contribution in [1.29, 1.82) is 0 Å². The maximum Gasteiger partial charge on any atom is 0.139 e. The van der Waals surface area contributed by atoms with Crippen LogP contribution in [0, 0.1) is 0 Å². The second kappa shape index (κ2) is 9.67. The molecule has 1 unspecified atom stereocenters. The van der Waals surface area contributed by atoms with Gasteiger partial charge in [0.05, 0.1) is 11.4 Å². The molecule has 0 bridgehead atoms. The molecule has 1 saturated heterocycles. The van der Waals surface area contributed by atoms with Crippen molar-refractivity contribution >= 4 is 43.3 Å². The van der Waals surface area contributed by atoms with E-state index in [1.54, 1.807) is 17.7 Å². The van der Waals surface area contributed by atoms with Crippen LogP contribution in [0.1, 0.15) is 11.6 Å². The van der Waals surface area contributed by atoms with Gasteiger partial charge < -0.3 is 10.2 Å². The molecule has 3 heterocycles. The van der Waals surface area contributed by atoms with Gasteiger partial charge in [0.1, 0.15) is 17.0 Å². The Morgan fingerprint density at radius 3 is 2.62 bits per heavy atom. The molecule has 7 heteroatoms. The van der Waals surface area contributed by atoms with Crippen LogP contribution in [0.5, 0.6) is 0 Å². The van der Waals surface area contributed by atoms with E-state index < -0.39 is 0 Å². The molecule has 32 heavy (non-hydrogen) atoms. The topological polar surface area (TPSA) is 44.3 Å². The Morgan fingerprint density at radius 1 is 1.03 bits per heavy atom. The number of piperazine rings is 1. The number of benzene rings is 2. The first-order valence-corrected chi connectivity index (χ1v) is 12.5. The largest absolute Gasteiger partial charge is 0.361 e. The van der Waals surface area contributed by atoms with Crippen LogP contribution in [0.3, 0.4) is 0 Å². The summed E-state index contributed by atoms with van der Waals surface area (Å²) in [6.45, 7) is 5.33. The summed E-state index contributed by atoms with van der Waals surface area (Å²) in [6, 6.07) is 19.3. The first kappa shape index (κ1) is 21.5. The molecular weight excluding hydrogens is 482 g/mol. The van der Waals surface area contributed by atoms with E-state index in [0.717, 1.165) is 53.2 Å². The van der Waals surface area contributed by atoms with Gasteiger partial charge in [-0.2, -0.15) is 0 Å². The molecule has 0 amide bonds. The van der Waals surface area contributed by atoms with Crippen molar-refractivity contribution in [3.8, 4) is 11.1 Å². The summed E-state index contributed by atoms with van der Waals surface area (Å²) in [5, 5.41) is 7.07. The van der Waals surface area contributed by atoms with Gasteiger partial charge in [0.25, 0.3) is 0 Å². The number of hydrogen-bond donors (Lipinski definition) is 1. The Balaban J connectivity index is 1.50. The number of nitrogens with zero attached hydrogens (tertiary/aromatic N) is 4. The van der Waals surface area contributed by atoms with Gasteiger partial charge in [-0.05, 0) is 30.3 Å². The molecule has 2 aromatic carbocycles. The Hall–Kier alpha value is -2.32. The van der Waals surface area contributed by atoms with E-state index >= 15 is 0 Å². The second-order valence-corrected chi connectivity index (χ2v) is 10.0. The monoisotopic (exact) mass is 507 g/mol. The van der Waals surface area contributed by atoms with Crippen LogP contribution in [0.15, 0.2) is 70.8 Å². The van der Waals surface area contributed by atoms with E-state index in [4.69, 9.17) is 4.98 Å². The second-order valence-electron chi connectivity index (χ2n) is 8.27. The summed E-state index contributed by atoms with van der Waals surface area (Å²) in [6.07, 6.45) is 1.67. The van der Waals surface area contributed by atoms with Gasteiger partial charge in [-0.15, -0.1) is 11.3 Å². The Labute approximate surface area is 201 Å². The molecule has 0 aliphatic carbocycles. The molecule has 164 valence electrons. The van der Waals surface area contributed by atoms with Crippen molar-refractivity contribution in [1.82, 2.24) is 19.8 Å². The van der Waals surface area contributed by atoms with Crippen LogP contribution >= 0.6 is 27.3 Å². The third kappa shape index (κ3) is 4.71. The summed E-state index contributed by atoms with van der Waals surface area (Å²) >= 11 is 5.27. The summed E-state index contributed by atoms with van der Waals surface area (Å²) in [7, 11) is 2.20. The number of anilines is 1. The standard InChI is InChI=1S/C25H26BrN5S/c1-30-10-12-31(13-11-30)15-22(18-6-3-2-4-7-18)29-24-23-21(16-32-25(23)28-17-27-24)19-8-5-9-20(26)14-19/h2-9,14,16-17,22H,10-13,15H2,1H3,(H,27,28,29). The average Bonchev–Trinajstić information content (AvgIpc) is 3.26. The molecule has 0 spiro atoms. The minimum atomic E-state index is 0.146. The van der Waals surface area contributed by atoms with Gasteiger partial charge in [-0.1, -0.05) is 58.4 Å². The normalized spacial score (nSPS) is 16.3. The zero-order valence-electron chi connectivity index (χ0n) is 18.0. The van der Waals surface area contributed by atoms with Crippen molar-refractivity contribution in [2.24, 2.45) is 0 Å². The highest BCUT2D eigenvalue weighted by atomic mass is 79.9. The number of fused-ring (bicyclic) bond motifs is 1. The lowest BCUT2D eigenvalue weighted by Gasteiger charge is -2.35. The van der Waals surface area contributed by atoms with Crippen LogP contribution in [0.25, 0.3) is 21.3 Å². The van der Waals surface area contributed by atoms with Gasteiger partial charge in [-0.25, -0.2) is 9.97 Å². The molecule has 5 nitrogen and oxygen atoms in total. The smallest absolute Gasteiger partial charge is 0.139 e. The number of likely N-dealkylation sites (N-methyl/N-ethyl adjacent to an activating group) is 1. The highest BCUT2D eigenvalue weighted by Gasteiger charge is 2.22. The maximum atomic E-state index is 4.70. The van der Waals surface area contributed by atoms with E-state index in [9.17, 15) is 0 Å². The Kier molecular flexibility index (Phi) is 6.50. The zero-order chi connectivity index (χ0) is 21.9. The molecule has 2 aromatic heterocycles. The molecule has 5 rings (SSSR count). The number of thiophene rings is 1. The third-order valence-electron chi connectivity index (χ3n) is 6.06. The number of rotatable bonds is 6. The first-order valence-electron chi connectivity index (χ1n) is 10.9. The molecule has 1 N–H and O–H groups in total. The van der Waals surface area contributed by atoms with E-state index in [1.165, 1.54) is 16.7 Å². The lowest BCUT2D eigenvalue weighted by atomic mass is 10.0. The maximum absolute atomic E-state index is 4.70. The van der Waals surface area contributed by atoms with Crippen molar-refractivity contribution in [2.45, 2.75) is 6.04 Å². The van der Waals surface area contributed by atoms with Crippen molar-refractivity contribution in [2.75, 3.05) is 45.1 Å². The van der Waals surface area contributed by atoms with Crippen molar-refractivity contribution < 1.29 is 0 Å². The minimum absolute atomic E-state index is 0.146. The van der Waals surface area contributed by atoms with E-state index in [0.29, 0.717) is 0 Å². The van der Waals surface area contributed by atoms with Crippen LogP contribution < -0.4 is 5.32 Å². The fourth-order valence-corrected chi connectivity index (χ4v) is 5.54. The van der Waals surface area contributed by atoms with Gasteiger partial charge in [0, 0.05) is 48.1 Å². The quantitative estimate of drug-likeness (QED) is 0.372. The number of aromatic nitrogens is 2. The van der Waals surface area contributed by atoms with Gasteiger partial charge in [-0.3, -0.25) is 4.90 Å². The van der Waals surface area contributed by atoms with E-state index in [1.807, 2.05) is 0 Å². The van der Waals surface area contributed by atoms with Gasteiger partial charge >= 0.3 is 0 Å². The molecule has 1 aliphatic rings. The molecular formula is C25H26BrN5S. The van der Waals surface area contributed by atoms with E-state index in [2.05, 4.69) is 103 Å². The van der Waals surface area contributed by atoms with Crippen LogP contribution in [0.4, 0.5) is 5.82 Å². The molecule has 1 fully saturated rings. The molecule has 0 saturated carbocycles. The average molecular weight is 508 g/mol. The highest BCUT2D eigenvalue weighted by Crippen LogP contribution is 2.38. The van der Waals surface area contributed by atoms with Crippen LogP contribution in [-0.2, 0) is 0 Å². The van der Waals surface area contributed by atoms with Crippen molar-refractivity contribution in [3.63, 3.8) is 0 Å². The first-order chi connectivity index (χ1) is 15.7. The molecule has 0 radical (unpaired) electrons. The lowest BCUT2D eigenvalue weighted by Crippen LogP contribution is -2.46. The predicted molar refractivity (Wildman–Crippen MR) is 137 cm³/mol. The van der Waals surface area contributed by atoms with E-state index in [-0.39, 0.29) is 6.04 Å². The highest BCUT2D eigenvalue weighted by molar-refractivity contribution is 9.10. The predicted octanol–water partition coefficient (Wildman–Crippen LogP) is 5.52. The summed E-state index contributed by atoms with van der Waals surface area (Å²) in [5.41, 5.74) is 3.61. The number of halogens is 1. The molecule has 4 aromatic rings. The van der Waals surface area contributed by atoms with Crippen molar-refractivity contribution in [3.05, 3.63) is 76.3 Å². The fourth-order valence-electron chi connectivity index (χ4n) is 4.23. The Bertz CT molecular complexity index is 1190. The van der Waals surface area contributed by atoms with Crippen LogP contribution in [0.2, 0.25) is 0 Å². The Morgan fingerprint density at radius 2 is 1.84 bits per heavy atom. The SMILES string of the molecule is CN1CCN(CC(Nc2ncnc3scc(-c4cccc(Br)c4)c23)c2ccccc2)CC1. The molecule has 1 atom stereocenters. The van der Waals surface area contributed by atoms with Gasteiger partial charge in [0.15, 0.2) is 0 Å². The van der Waals surface area contributed by atoms with Crippen LogP contribution in [-0.4, -0.2) is 59.5 Å². The summed E-state index contributed by atoms with van der Waals surface area (Å²) < 4.78 is 1.07. The molecule has 1 aliphatic heterocycles. The lowest BCUT2D eigenvalue weighted by molar-refractivity contribution is 0.149. The minimum Gasteiger partial charge on any atom is -0.361 e.